The zero-order chi connectivity index (χ0) is 21.4. The van der Waals surface area contributed by atoms with Crippen LogP contribution in [0, 0.1) is 20.8 Å². The average Bonchev–Trinajstić information content (AvgIpc) is 2.70. The Labute approximate surface area is 176 Å². The molecule has 2 rings (SSSR count). The summed E-state index contributed by atoms with van der Waals surface area (Å²) in [6.07, 6.45) is 0.745. The predicted molar refractivity (Wildman–Crippen MR) is 116 cm³/mol. The third-order valence-corrected chi connectivity index (χ3v) is 5.81. The van der Waals surface area contributed by atoms with Gasteiger partial charge in [-0.05, 0) is 50.8 Å². The Morgan fingerprint density at radius 2 is 1.86 bits per heavy atom. The first-order valence-electron chi connectivity index (χ1n) is 9.65. The van der Waals surface area contributed by atoms with Crippen LogP contribution < -0.4 is 11.1 Å². The van der Waals surface area contributed by atoms with Gasteiger partial charge in [0.1, 0.15) is 5.03 Å². The van der Waals surface area contributed by atoms with E-state index in [1.165, 1.54) is 11.8 Å². The molecule has 0 aliphatic rings. The smallest absolute Gasteiger partial charge is 0.251 e. The van der Waals surface area contributed by atoms with Gasteiger partial charge in [0, 0.05) is 18.8 Å². The van der Waals surface area contributed by atoms with Gasteiger partial charge in [-0.25, -0.2) is 4.98 Å². The highest BCUT2D eigenvalue weighted by Gasteiger charge is 2.18. The van der Waals surface area contributed by atoms with Crippen LogP contribution in [0.5, 0.6) is 0 Å². The quantitative estimate of drug-likeness (QED) is 0.458. The fourth-order valence-electron chi connectivity index (χ4n) is 2.87. The van der Waals surface area contributed by atoms with Gasteiger partial charge in [0.25, 0.3) is 5.91 Å². The summed E-state index contributed by atoms with van der Waals surface area (Å²) < 4.78 is 5.80. The van der Waals surface area contributed by atoms with Crippen molar-refractivity contribution in [3.05, 3.63) is 58.3 Å². The fourth-order valence-corrected chi connectivity index (χ4v) is 3.84. The van der Waals surface area contributed by atoms with E-state index in [0.717, 1.165) is 28.8 Å². The van der Waals surface area contributed by atoms with E-state index in [2.05, 4.69) is 10.3 Å². The predicted octanol–water partition coefficient (Wildman–Crippen LogP) is 3.48. The van der Waals surface area contributed by atoms with Gasteiger partial charge in [-0.2, -0.15) is 0 Å². The third kappa shape index (κ3) is 6.58. The van der Waals surface area contributed by atoms with E-state index in [-0.39, 0.29) is 17.8 Å². The molecule has 0 bridgehead atoms. The van der Waals surface area contributed by atoms with E-state index in [4.69, 9.17) is 10.5 Å². The third-order valence-electron chi connectivity index (χ3n) is 4.83. The second kappa shape index (κ2) is 11.0. The number of aromatic nitrogens is 1. The van der Waals surface area contributed by atoms with Crippen LogP contribution in [0.15, 0.2) is 35.4 Å². The molecule has 2 aromatic rings. The van der Waals surface area contributed by atoms with Gasteiger partial charge in [-0.3, -0.25) is 9.59 Å². The molecule has 156 valence electrons. The lowest BCUT2D eigenvalue weighted by Gasteiger charge is -2.14. The molecule has 7 heteroatoms. The van der Waals surface area contributed by atoms with Crippen LogP contribution in [-0.4, -0.2) is 35.7 Å². The van der Waals surface area contributed by atoms with Crippen LogP contribution in [0.4, 0.5) is 0 Å². The van der Waals surface area contributed by atoms with Crippen molar-refractivity contribution in [2.24, 2.45) is 5.73 Å². The number of carbonyl (C=O) groups is 2. The SMILES string of the molecule is Cc1nc(SCC(=O)NCCCOC(C)c2ccccc2)c(C(N)=O)c(C)c1C. The molecule has 0 fully saturated rings. The molecule has 0 aliphatic heterocycles. The van der Waals surface area contributed by atoms with Crippen LogP contribution in [0.3, 0.4) is 0 Å². The molecule has 1 atom stereocenters. The number of hydrogen-bond acceptors (Lipinski definition) is 5. The molecule has 1 unspecified atom stereocenters. The Morgan fingerprint density at radius 1 is 1.17 bits per heavy atom. The second-order valence-electron chi connectivity index (χ2n) is 6.91. The number of rotatable bonds is 10. The molecule has 3 N–H and O–H groups in total. The number of nitrogens with one attached hydrogen (secondary N) is 1. The highest BCUT2D eigenvalue weighted by atomic mass is 32.2. The normalized spacial score (nSPS) is 11.9. The highest BCUT2D eigenvalue weighted by molar-refractivity contribution is 8.00. The first kappa shape index (κ1) is 22.9. The molecule has 1 aromatic heterocycles. The lowest BCUT2D eigenvalue weighted by molar-refractivity contribution is -0.118. The molecule has 1 aromatic carbocycles. The van der Waals surface area contributed by atoms with Crippen LogP contribution in [0.2, 0.25) is 0 Å². The Hall–Kier alpha value is -2.38. The maximum atomic E-state index is 12.1. The maximum absolute atomic E-state index is 12.1. The molecule has 1 heterocycles. The minimum absolute atomic E-state index is 0.0220. The summed E-state index contributed by atoms with van der Waals surface area (Å²) in [5.41, 5.74) is 9.64. The minimum atomic E-state index is -0.523. The van der Waals surface area contributed by atoms with Gasteiger partial charge in [-0.1, -0.05) is 42.1 Å². The molecule has 2 amide bonds. The summed E-state index contributed by atoms with van der Waals surface area (Å²) >= 11 is 1.23. The molecule has 0 spiro atoms. The van der Waals surface area contributed by atoms with Crippen molar-refractivity contribution in [1.29, 1.82) is 0 Å². The van der Waals surface area contributed by atoms with E-state index < -0.39 is 5.91 Å². The molecular weight excluding hydrogens is 386 g/mol. The number of pyridine rings is 1. The zero-order valence-electron chi connectivity index (χ0n) is 17.5. The summed E-state index contributed by atoms with van der Waals surface area (Å²) in [7, 11) is 0. The van der Waals surface area contributed by atoms with Crippen LogP contribution in [0.1, 0.15) is 52.2 Å². The zero-order valence-corrected chi connectivity index (χ0v) is 18.3. The summed E-state index contributed by atoms with van der Waals surface area (Å²) in [4.78, 5) is 28.4. The Kier molecular flexibility index (Phi) is 8.67. The first-order chi connectivity index (χ1) is 13.8. The summed E-state index contributed by atoms with van der Waals surface area (Å²) in [5.74, 6) is -0.457. The molecular formula is C22H29N3O3S. The van der Waals surface area contributed by atoms with Crippen LogP contribution >= 0.6 is 11.8 Å². The molecule has 0 radical (unpaired) electrons. The number of hydrogen-bond donors (Lipinski definition) is 2. The van der Waals surface area contributed by atoms with Gasteiger partial charge >= 0.3 is 0 Å². The van der Waals surface area contributed by atoms with Crippen molar-refractivity contribution in [3.8, 4) is 0 Å². The topological polar surface area (TPSA) is 94.3 Å². The van der Waals surface area contributed by atoms with Gasteiger partial charge in [0.2, 0.25) is 5.91 Å². The van der Waals surface area contributed by atoms with Gasteiger partial charge < -0.3 is 15.8 Å². The van der Waals surface area contributed by atoms with E-state index in [1.54, 1.807) is 0 Å². The summed E-state index contributed by atoms with van der Waals surface area (Å²) in [5, 5.41) is 3.38. The fraction of sp³-hybridized carbons (Fsp3) is 0.409. The van der Waals surface area contributed by atoms with Crippen molar-refractivity contribution in [2.45, 2.75) is 45.2 Å². The minimum Gasteiger partial charge on any atom is -0.374 e. The van der Waals surface area contributed by atoms with Crippen LogP contribution in [0.25, 0.3) is 0 Å². The highest BCUT2D eigenvalue weighted by Crippen LogP contribution is 2.26. The van der Waals surface area contributed by atoms with Gasteiger partial charge in [-0.15, -0.1) is 0 Å². The van der Waals surface area contributed by atoms with Gasteiger partial charge in [0.15, 0.2) is 0 Å². The number of primary amides is 1. The first-order valence-corrected chi connectivity index (χ1v) is 10.6. The van der Waals surface area contributed by atoms with Crippen LogP contribution in [-0.2, 0) is 9.53 Å². The Balaban J connectivity index is 1.76. The number of nitrogens with zero attached hydrogens (tertiary/aromatic N) is 1. The van der Waals surface area contributed by atoms with E-state index in [0.29, 0.717) is 23.7 Å². The second-order valence-corrected chi connectivity index (χ2v) is 7.87. The van der Waals surface area contributed by atoms with Crippen molar-refractivity contribution >= 4 is 23.6 Å². The number of aryl methyl sites for hydroxylation is 1. The van der Waals surface area contributed by atoms with Crippen molar-refractivity contribution in [2.75, 3.05) is 18.9 Å². The number of nitrogens with two attached hydrogens (primary N) is 1. The monoisotopic (exact) mass is 415 g/mol. The molecule has 0 aliphatic carbocycles. The summed E-state index contributed by atoms with van der Waals surface area (Å²) in [6, 6.07) is 10.0. The largest absolute Gasteiger partial charge is 0.374 e. The Bertz CT molecular complexity index is 856. The molecule has 0 saturated heterocycles. The molecule has 0 saturated carbocycles. The van der Waals surface area contributed by atoms with Crippen molar-refractivity contribution in [3.63, 3.8) is 0 Å². The molecule has 29 heavy (non-hydrogen) atoms. The molecule has 6 nitrogen and oxygen atoms in total. The summed E-state index contributed by atoms with van der Waals surface area (Å²) in [6.45, 7) is 8.75. The standard InChI is InChI=1S/C22H29N3O3S/c1-14-15(2)20(21(23)27)22(25-16(14)3)29-13-19(26)24-11-8-12-28-17(4)18-9-6-5-7-10-18/h5-7,9-10,17H,8,11-13H2,1-4H3,(H2,23,27)(H,24,26). The number of thioether (sulfide) groups is 1. The van der Waals surface area contributed by atoms with E-state index in [1.807, 2.05) is 58.0 Å². The maximum Gasteiger partial charge on any atom is 0.251 e. The number of benzene rings is 1. The lowest BCUT2D eigenvalue weighted by Crippen LogP contribution is -2.27. The van der Waals surface area contributed by atoms with Gasteiger partial charge in [0.05, 0.1) is 17.4 Å². The van der Waals surface area contributed by atoms with Crippen molar-refractivity contribution in [1.82, 2.24) is 10.3 Å². The number of amides is 2. The lowest BCUT2D eigenvalue weighted by atomic mass is 10.0. The van der Waals surface area contributed by atoms with E-state index in [9.17, 15) is 9.59 Å². The average molecular weight is 416 g/mol. The Morgan fingerprint density at radius 3 is 2.52 bits per heavy atom. The van der Waals surface area contributed by atoms with E-state index >= 15 is 0 Å². The van der Waals surface area contributed by atoms with Crippen molar-refractivity contribution < 1.29 is 14.3 Å². The number of ether oxygens (including phenoxy) is 1. The number of carbonyl (C=O) groups excluding carboxylic acids is 2.